The first-order valence-electron chi connectivity index (χ1n) is 10.4. The molecule has 6 heteroatoms. The molecule has 1 atom stereocenters. The number of hydrogen-bond acceptors (Lipinski definition) is 3. The van der Waals surface area contributed by atoms with Gasteiger partial charge in [-0.25, -0.2) is 0 Å². The maximum atomic E-state index is 13.0. The third kappa shape index (κ3) is 7.06. The van der Waals surface area contributed by atoms with E-state index in [4.69, 9.17) is 16.3 Å². The van der Waals surface area contributed by atoms with Crippen molar-refractivity contribution >= 4 is 23.4 Å². The van der Waals surface area contributed by atoms with Crippen molar-refractivity contribution in [3.8, 4) is 5.75 Å². The van der Waals surface area contributed by atoms with Crippen LogP contribution in [0, 0.1) is 0 Å². The minimum absolute atomic E-state index is 0.146. The molecule has 0 fully saturated rings. The number of carbonyl (C=O) groups is 2. The predicted molar refractivity (Wildman–Crippen MR) is 121 cm³/mol. The first-order chi connectivity index (χ1) is 14.3. The maximum absolute atomic E-state index is 13.0. The second kappa shape index (κ2) is 11.6. The molecular weight excluding hydrogens is 400 g/mol. The van der Waals surface area contributed by atoms with Gasteiger partial charge in [0.05, 0.1) is 0 Å². The second-order valence-corrected chi connectivity index (χ2v) is 8.07. The van der Waals surface area contributed by atoms with Crippen molar-refractivity contribution < 1.29 is 14.3 Å². The highest BCUT2D eigenvalue weighted by atomic mass is 35.5. The monoisotopic (exact) mass is 430 g/mol. The molecule has 2 aromatic rings. The molecule has 2 amide bonds. The Hall–Kier alpha value is -2.53. The Labute approximate surface area is 184 Å². The predicted octanol–water partition coefficient (Wildman–Crippen LogP) is 4.79. The van der Waals surface area contributed by atoms with E-state index < -0.39 is 6.04 Å². The standard InChI is InChI=1S/C24H31ClN2O3/c1-5-13-26-24(29)18(4)27(15-19-7-6-8-21(25)14-19)23(28)16-30-22-11-9-20(10-12-22)17(2)3/h6-12,14,17-18H,5,13,15-16H2,1-4H3,(H,26,29). The van der Waals surface area contributed by atoms with Crippen LogP contribution in [0.5, 0.6) is 5.75 Å². The smallest absolute Gasteiger partial charge is 0.261 e. The molecule has 162 valence electrons. The van der Waals surface area contributed by atoms with Gasteiger partial charge in [-0.2, -0.15) is 0 Å². The summed E-state index contributed by atoms with van der Waals surface area (Å²) in [6.45, 7) is 8.66. The normalized spacial score (nSPS) is 11.8. The van der Waals surface area contributed by atoms with Gasteiger partial charge in [-0.3, -0.25) is 9.59 Å². The third-order valence-corrected chi connectivity index (χ3v) is 5.10. The van der Waals surface area contributed by atoms with Gasteiger partial charge in [0.15, 0.2) is 6.61 Å². The quantitative estimate of drug-likeness (QED) is 0.589. The van der Waals surface area contributed by atoms with Crippen molar-refractivity contribution in [1.29, 1.82) is 0 Å². The van der Waals surface area contributed by atoms with Crippen molar-refractivity contribution in [3.63, 3.8) is 0 Å². The SMILES string of the molecule is CCCNC(=O)C(C)N(Cc1cccc(Cl)c1)C(=O)COc1ccc(C(C)C)cc1. The zero-order chi connectivity index (χ0) is 22.1. The number of rotatable bonds is 10. The van der Waals surface area contributed by atoms with E-state index in [2.05, 4.69) is 19.2 Å². The Morgan fingerprint density at radius 3 is 2.40 bits per heavy atom. The van der Waals surface area contributed by atoms with Crippen LogP contribution in [0.25, 0.3) is 0 Å². The van der Waals surface area contributed by atoms with E-state index >= 15 is 0 Å². The molecule has 0 spiro atoms. The van der Waals surface area contributed by atoms with E-state index in [0.29, 0.717) is 23.2 Å². The van der Waals surface area contributed by atoms with Crippen LogP contribution in [0.3, 0.4) is 0 Å². The van der Waals surface area contributed by atoms with E-state index in [9.17, 15) is 9.59 Å². The van der Waals surface area contributed by atoms with Crippen molar-refractivity contribution in [2.75, 3.05) is 13.2 Å². The van der Waals surface area contributed by atoms with E-state index in [1.54, 1.807) is 19.1 Å². The summed E-state index contributed by atoms with van der Waals surface area (Å²) in [5, 5.41) is 3.44. The van der Waals surface area contributed by atoms with Gasteiger partial charge in [0.1, 0.15) is 11.8 Å². The maximum Gasteiger partial charge on any atom is 0.261 e. The number of hydrogen-bond donors (Lipinski definition) is 1. The lowest BCUT2D eigenvalue weighted by molar-refractivity contribution is -0.142. The number of carbonyl (C=O) groups excluding carboxylic acids is 2. The summed E-state index contributed by atoms with van der Waals surface area (Å²) in [4.78, 5) is 27.0. The van der Waals surface area contributed by atoms with Crippen LogP contribution in [0.4, 0.5) is 0 Å². The Balaban J connectivity index is 2.11. The molecule has 1 N–H and O–H groups in total. The Bertz CT molecular complexity index is 837. The fourth-order valence-electron chi connectivity index (χ4n) is 2.99. The number of halogens is 1. The molecule has 0 aromatic heterocycles. The van der Waals surface area contributed by atoms with E-state index in [0.717, 1.165) is 12.0 Å². The fraction of sp³-hybridized carbons (Fsp3) is 0.417. The van der Waals surface area contributed by atoms with Gasteiger partial charge < -0.3 is 15.0 Å². The fourth-order valence-corrected chi connectivity index (χ4v) is 3.20. The van der Waals surface area contributed by atoms with Crippen molar-refractivity contribution in [3.05, 3.63) is 64.7 Å². The summed E-state index contributed by atoms with van der Waals surface area (Å²) in [6.07, 6.45) is 0.830. The second-order valence-electron chi connectivity index (χ2n) is 7.63. The topological polar surface area (TPSA) is 58.6 Å². The lowest BCUT2D eigenvalue weighted by Gasteiger charge is -2.28. The highest BCUT2D eigenvalue weighted by molar-refractivity contribution is 6.30. The number of benzene rings is 2. The van der Waals surface area contributed by atoms with Crippen LogP contribution in [-0.4, -0.2) is 35.9 Å². The Morgan fingerprint density at radius 2 is 1.80 bits per heavy atom. The van der Waals surface area contributed by atoms with Gasteiger partial charge in [0, 0.05) is 18.1 Å². The molecule has 5 nitrogen and oxygen atoms in total. The van der Waals surface area contributed by atoms with Crippen molar-refractivity contribution in [2.24, 2.45) is 0 Å². The highest BCUT2D eigenvalue weighted by Crippen LogP contribution is 2.19. The average molecular weight is 431 g/mol. The lowest BCUT2D eigenvalue weighted by atomic mass is 10.0. The summed E-state index contributed by atoms with van der Waals surface area (Å²) in [7, 11) is 0. The van der Waals surface area contributed by atoms with Crippen molar-refractivity contribution in [2.45, 2.75) is 52.6 Å². The molecule has 0 aliphatic heterocycles. The molecule has 0 aliphatic carbocycles. The van der Waals surface area contributed by atoms with Crippen LogP contribution in [0.15, 0.2) is 48.5 Å². The van der Waals surface area contributed by atoms with Gasteiger partial charge in [-0.1, -0.05) is 56.6 Å². The van der Waals surface area contributed by atoms with Gasteiger partial charge in [0.2, 0.25) is 5.91 Å². The van der Waals surface area contributed by atoms with Crippen LogP contribution in [-0.2, 0) is 16.1 Å². The molecule has 2 rings (SSSR count). The van der Waals surface area contributed by atoms with Crippen LogP contribution in [0.1, 0.15) is 51.2 Å². The first kappa shape index (κ1) is 23.7. The van der Waals surface area contributed by atoms with Gasteiger partial charge >= 0.3 is 0 Å². The van der Waals surface area contributed by atoms with Gasteiger partial charge in [-0.05, 0) is 54.7 Å². The molecule has 0 heterocycles. The largest absolute Gasteiger partial charge is 0.484 e. The van der Waals surface area contributed by atoms with Gasteiger partial charge in [-0.15, -0.1) is 0 Å². The lowest BCUT2D eigenvalue weighted by Crippen LogP contribution is -2.49. The zero-order valence-corrected chi connectivity index (χ0v) is 18.9. The number of ether oxygens (including phenoxy) is 1. The summed E-state index contributed by atoms with van der Waals surface area (Å²) >= 11 is 6.09. The Kier molecular flexibility index (Phi) is 9.18. The number of amides is 2. The molecule has 30 heavy (non-hydrogen) atoms. The average Bonchev–Trinajstić information content (AvgIpc) is 2.74. The van der Waals surface area contributed by atoms with Crippen LogP contribution in [0.2, 0.25) is 5.02 Å². The zero-order valence-electron chi connectivity index (χ0n) is 18.2. The molecule has 2 aromatic carbocycles. The van der Waals surface area contributed by atoms with E-state index in [1.165, 1.54) is 10.5 Å². The molecule has 0 saturated carbocycles. The molecule has 0 saturated heterocycles. The minimum Gasteiger partial charge on any atom is -0.484 e. The van der Waals surface area contributed by atoms with E-state index in [1.807, 2.05) is 43.3 Å². The van der Waals surface area contributed by atoms with Crippen LogP contribution < -0.4 is 10.1 Å². The summed E-state index contributed by atoms with van der Waals surface area (Å²) in [5.74, 6) is 0.602. The van der Waals surface area contributed by atoms with Crippen molar-refractivity contribution in [1.82, 2.24) is 10.2 Å². The highest BCUT2D eigenvalue weighted by Gasteiger charge is 2.26. The molecule has 0 radical (unpaired) electrons. The Morgan fingerprint density at radius 1 is 1.10 bits per heavy atom. The van der Waals surface area contributed by atoms with Crippen LogP contribution >= 0.6 is 11.6 Å². The summed E-state index contributed by atoms with van der Waals surface area (Å²) in [6, 6.07) is 14.4. The molecular formula is C24H31ClN2O3. The summed E-state index contributed by atoms with van der Waals surface area (Å²) < 4.78 is 5.71. The first-order valence-corrected chi connectivity index (χ1v) is 10.7. The molecule has 0 aliphatic rings. The van der Waals surface area contributed by atoms with Gasteiger partial charge in [0.25, 0.3) is 5.91 Å². The molecule has 1 unspecified atom stereocenters. The minimum atomic E-state index is -0.630. The number of nitrogens with one attached hydrogen (secondary N) is 1. The van der Waals surface area contributed by atoms with E-state index in [-0.39, 0.29) is 25.0 Å². The number of nitrogens with zero attached hydrogens (tertiary/aromatic N) is 1. The summed E-state index contributed by atoms with van der Waals surface area (Å²) in [5.41, 5.74) is 2.06. The molecule has 0 bridgehead atoms. The third-order valence-electron chi connectivity index (χ3n) is 4.87.